The van der Waals surface area contributed by atoms with Gasteiger partial charge in [-0.1, -0.05) is 19.1 Å². The molecule has 0 aromatic heterocycles. The predicted octanol–water partition coefficient (Wildman–Crippen LogP) is 1.02. The summed E-state index contributed by atoms with van der Waals surface area (Å²) in [7, 11) is -3.55. The molecule has 0 unspecified atom stereocenters. The number of para-hydroxylation sites is 1. The van der Waals surface area contributed by atoms with E-state index in [1.165, 1.54) is 6.07 Å². The van der Waals surface area contributed by atoms with Gasteiger partial charge in [-0.25, -0.2) is 13.1 Å². The molecule has 1 aliphatic heterocycles. The van der Waals surface area contributed by atoms with Crippen LogP contribution < -0.4 is 10.0 Å². The Balaban J connectivity index is 2.08. The molecule has 0 radical (unpaired) electrons. The van der Waals surface area contributed by atoms with E-state index in [0.717, 1.165) is 25.9 Å². The Morgan fingerprint density at radius 2 is 1.90 bits per heavy atom. The Hall–Kier alpha value is -1.60. The van der Waals surface area contributed by atoms with Gasteiger partial charge in [0.1, 0.15) is 4.90 Å². The van der Waals surface area contributed by atoms with Crippen LogP contribution in [-0.4, -0.2) is 45.4 Å². The summed E-state index contributed by atoms with van der Waals surface area (Å²) in [5.74, 6) is 0.00292. The number of benzene rings is 1. The molecule has 21 heavy (non-hydrogen) atoms. The highest BCUT2D eigenvalue weighted by Crippen LogP contribution is 2.20. The van der Waals surface area contributed by atoms with E-state index in [4.69, 9.17) is 0 Å². The largest absolute Gasteiger partial charge is 0.375 e. The van der Waals surface area contributed by atoms with Crippen LogP contribution in [0.15, 0.2) is 29.2 Å². The average molecular weight is 311 g/mol. The number of sulfonamides is 1. The molecular weight excluding hydrogens is 290 g/mol. The van der Waals surface area contributed by atoms with Gasteiger partial charge in [0.25, 0.3) is 0 Å². The normalized spacial score (nSPS) is 15.2. The maximum Gasteiger partial charge on any atom is 0.242 e. The first-order valence-corrected chi connectivity index (χ1v) is 8.63. The minimum Gasteiger partial charge on any atom is -0.375 e. The lowest BCUT2D eigenvalue weighted by molar-refractivity contribution is -0.128. The molecule has 1 heterocycles. The van der Waals surface area contributed by atoms with Crippen LogP contribution >= 0.6 is 0 Å². The van der Waals surface area contributed by atoms with Crippen LogP contribution in [0.5, 0.6) is 0 Å². The zero-order valence-electron chi connectivity index (χ0n) is 12.1. The molecule has 116 valence electrons. The van der Waals surface area contributed by atoms with Crippen LogP contribution in [0.4, 0.5) is 5.69 Å². The van der Waals surface area contributed by atoms with Gasteiger partial charge in [-0.2, -0.15) is 0 Å². The number of carbonyl (C=O) groups excluding carboxylic acids is 1. The van der Waals surface area contributed by atoms with E-state index in [0.29, 0.717) is 12.2 Å². The Labute approximate surface area is 125 Å². The topological polar surface area (TPSA) is 78.5 Å². The van der Waals surface area contributed by atoms with Crippen LogP contribution in [0, 0.1) is 0 Å². The molecule has 0 atom stereocenters. The van der Waals surface area contributed by atoms with Gasteiger partial charge in [0.2, 0.25) is 15.9 Å². The Bertz CT molecular complexity index is 595. The number of likely N-dealkylation sites (tertiary alicyclic amines) is 1. The second kappa shape index (κ2) is 6.91. The van der Waals surface area contributed by atoms with E-state index in [-0.39, 0.29) is 17.3 Å². The molecule has 2 N–H and O–H groups in total. The van der Waals surface area contributed by atoms with E-state index in [1.54, 1.807) is 30.0 Å². The van der Waals surface area contributed by atoms with Gasteiger partial charge in [-0.3, -0.25) is 4.79 Å². The predicted molar refractivity (Wildman–Crippen MR) is 81.6 cm³/mol. The number of nitrogens with one attached hydrogen (secondary N) is 2. The van der Waals surface area contributed by atoms with E-state index < -0.39 is 10.0 Å². The van der Waals surface area contributed by atoms with Crippen LogP contribution in [0.25, 0.3) is 0 Å². The fraction of sp³-hybridized carbons (Fsp3) is 0.500. The molecule has 1 aromatic rings. The molecule has 6 nitrogen and oxygen atoms in total. The monoisotopic (exact) mass is 311 g/mol. The minimum atomic E-state index is -3.55. The summed E-state index contributed by atoms with van der Waals surface area (Å²) in [4.78, 5) is 14.0. The lowest BCUT2D eigenvalue weighted by atomic mass is 10.3. The summed E-state index contributed by atoms with van der Waals surface area (Å²) in [6.45, 7) is 3.74. The molecule has 1 saturated heterocycles. The van der Waals surface area contributed by atoms with Gasteiger partial charge in [0.05, 0.1) is 12.2 Å². The van der Waals surface area contributed by atoms with E-state index in [2.05, 4.69) is 10.0 Å². The Kier molecular flexibility index (Phi) is 5.19. The van der Waals surface area contributed by atoms with Crippen molar-refractivity contribution in [2.24, 2.45) is 0 Å². The van der Waals surface area contributed by atoms with Crippen molar-refractivity contribution in [3.05, 3.63) is 24.3 Å². The third kappa shape index (κ3) is 3.95. The SMILES string of the molecule is CCNS(=O)(=O)c1ccccc1NCC(=O)N1CCCC1. The number of hydrogen-bond donors (Lipinski definition) is 2. The summed E-state index contributed by atoms with van der Waals surface area (Å²) < 4.78 is 26.7. The lowest BCUT2D eigenvalue weighted by Gasteiger charge is -2.17. The van der Waals surface area contributed by atoms with Crippen molar-refractivity contribution in [1.29, 1.82) is 0 Å². The maximum atomic E-state index is 12.1. The summed E-state index contributed by atoms with van der Waals surface area (Å²) >= 11 is 0. The average Bonchev–Trinajstić information content (AvgIpc) is 2.99. The number of amides is 1. The minimum absolute atomic E-state index is 0.00292. The molecule has 0 saturated carbocycles. The van der Waals surface area contributed by atoms with Crippen molar-refractivity contribution in [2.75, 3.05) is 31.5 Å². The molecule has 1 fully saturated rings. The zero-order chi connectivity index (χ0) is 15.3. The van der Waals surface area contributed by atoms with Crippen LogP contribution in [0.2, 0.25) is 0 Å². The summed E-state index contributed by atoms with van der Waals surface area (Å²) in [5.41, 5.74) is 0.450. The van der Waals surface area contributed by atoms with Gasteiger partial charge in [-0.05, 0) is 25.0 Å². The van der Waals surface area contributed by atoms with Gasteiger partial charge in [-0.15, -0.1) is 0 Å². The third-order valence-corrected chi connectivity index (χ3v) is 5.00. The van der Waals surface area contributed by atoms with Gasteiger partial charge >= 0.3 is 0 Å². The third-order valence-electron chi connectivity index (χ3n) is 3.40. The lowest BCUT2D eigenvalue weighted by Crippen LogP contribution is -2.33. The summed E-state index contributed by atoms with van der Waals surface area (Å²) in [6, 6.07) is 6.60. The molecule has 7 heteroatoms. The quantitative estimate of drug-likeness (QED) is 0.822. The van der Waals surface area contributed by atoms with Crippen molar-refractivity contribution in [1.82, 2.24) is 9.62 Å². The van der Waals surface area contributed by atoms with Crippen LogP contribution in [-0.2, 0) is 14.8 Å². The maximum absolute atomic E-state index is 12.1. The number of rotatable bonds is 6. The first-order chi connectivity index (χ1) is 10.0. The Morgan fingerprint density at radius 1 is 1.24 bits per heavy atom. The summed E-state index contributed by atoms with van der Waals surface area (Å²) in [6.07, 6.45) is 2.08. The van der Waals surface area contributed by atoms with Gasteiger partial charge in [0, 0.05) is 19.6 Å². The summed E-state index contributed by atoms with van der Waals surface area (Å²) in [5, 5.41) is 2.94. The second-order valence-electron chi connectivity index (χ2n) is 4.94. The van der Waals surface area contributed by atoms with Crippen molar-refractivity contribution >= 4 is 21.6 Å². The van der Waals surface area contributed by atoms with Gasteiger partial charge < -0.3 is 10.2 Å². The molecular formula is C14H21N3O3S. The molecule has 1 aromatic carbocycles. The van der Waals surface area contributed by atoms with Crippen molar-refractivity contribution in [3.63, 3.8) is 0 Å². The van der Waals surface area contributed by atoms with E-state index in [9.17, 15) is 13.2 Å². The fourth-order valence-corrected chi connectivity index (χ4v) is 3.59. The van der Waals surface area contributed by atoms with E-state index in [1.807, 2.05) is 0 Å². The Morgan fingerprint density at radius 3 is 2.57 bits per heavy atom. The highest BCUT2D eigenvalue weighted by atomic mass is 32.2. The highest BCUT2D eigenvalue weighted by molar-refractivity contribution is 7.89. The molecule has 1 aliphatic rings. The van der Waals surface area contributed by atoms with Crippen LogP contribution in [0.3, 0.4) is 0 Å². The molecule has 0 spiro atoms. The standard InChI is InChI=1S/C14H21N3O3S/c1-2-16-21(19,20)13-8-4-3-7-12(13)15-11-14(18)17-9-5-6-10-17/h3-4,7-8,15-16H,2,5-6,9-11H2,1H3. The number of anilines is 1. The van der Waals surface area contributed by atoms with Crippen molar-refractivity contribution < 1.29 is 13.2 Å². The van der Waals surface area contributed by atoms with Crippen molar-refractivity contribution in [3.8, 4) is 0 Å². The molecule has 0 bridgehead atoms. The zero-order valence-corrected chi connectivity index (χ0v) is 12.9. The van der Waals surface area contributed by atoms with Crippen molar-refractivity contribution in [2.45, 2.75) is 24.7 Å². The number of carbonyl (C=O) groups is 1. The first-order valence-electron chi connectivity index (χ1n) is 7.15. The molecule has 0 aliphatic carbocycles. The molecule has 1 amide bonds. The fourth-order valence-electron chi connectivity index (χ4n) is 2.36. The van der Waals surface area contributed by atoms with Gasteiger partial charge in [0.15, 0.2) is 0 Å². The number of nitrogens with zero attached hydrogens (tertiary/aromatic N) is 1. The first kappa shape index (κ1) is 15.8. The highest BCUT2D eigenvalue weighted by Gasteiger charge is 2.20. The van der Waals surface area contributed by atoms with Crippen LogP contribution in [0.1, 0.15) is 19.8 Å². The number of hydrogen-bond acceptors (Lipinski definition) is 4. The van der Waals surface area contributed by atoms with E-state index >= 15 is 0 Å². The second-order valence-corrected chi connectivity index (χ2v) is 6.67. The molecule has 2 rings (SSSR count). The smallest absolute Gasteiger partial charge is 0.242 e.